The molecule has 1 aromatic rings. The molecule has 0 aliphatic heterocycles. The third-order valence-corrected chi connectivity index (χ3v) is 4.63. The summed E-state index contributed by atoms with van der Waals surface area (Å²) in [5.74, 6) is 7.00. The summed E-state index contributed by atoms with van der Waals surface area (Å²) in [7, 11) is 1.49. The van der Waals surface area contributed by atoms with E-state index in [1.807, 2.05) is 20.8 Å². The summed E-state index contributed by atoms with van der Waals surface area (Å²) in [6, 6.07) is 5.80. The number of nitrogens with one attached hydrogen (secondary N) is 1. The van der Waals surface area contributed by atoms with Gasteiger partial charge in [0.15, 0.2) is 11.5 Å². The zero-order chi connectivity index (χ0) is 23.6. The molecular formula is C26H40N2O3. The normalized spacial score (nSPS) is 10.8. The fourth-order valence-corrected chi connectivity index (χ4v) is 2.98. The highest BCUT2D eigenvalue weighted by atomic mass is 16.5. The second-order valence-electron chi connectivity index (χ2n) is 7.80. The second-order valence-corrected chi connectivity index (χ2v) is 7.80. The van der Waals surface area contributed by atoms with Gasteiger partial charge in [0.1, 0.15) is 0 Å². The number of ether oxygens (including phenoxy) is 1. The number of rotatable bonds is 11. The highest BCUT2D eigenvalue weighted by Crippen LogP contribution is 2.31. The summed E-state index contributed by atoms with van der Waals surface area (Å²) in [5.41, 5.74) is 1.38. The van der Waals surface area contributed by atoms with Crippen molar-refractivity contribution in [1.82, 2.24) is 5.32 Å². The molecule has 31 heavy (non-hydrogen) atoms. The average Bonchev–Trinajstić information content (AvgIpc) is 2.74. The van der Waals surface area contributed by atoms with Gasteiger partial charge in [-0.3, -0.25) is 4.79 Å². The minimum absolute atomic E-state index is 0.00672. The Bertz CT molecular complexity index is 754. The van der Waals surface area contributed by atoms with Crippen LogP contribution in [0.5, 0.6) is 11.5 Å². The summed E-state index contributed by atoms with van der Waals surface area (Å²) in [6.07, 6.45) is 5.96. The molecule has 0 saturated carbocycles. The largest absolute Gasteiger partial charge is 0.503 e. The predicted octanol–water partition coefficient (Wildman–Crippen LogP) is 5.74. The molecule has 0 aliphatic rings. The van der Waals surface area contributed by atoms with E-state index in [9.17, 15) is 9.90 Å². The van der Waals surface area contributed by atoms with Crippen LogP contribution in [0.15, 0.2) is 12.1 Å². The van der Waals surface area contributed by atoms with Crippen LogP contribution in [0.3, 0.4) is 0 Å². The third kappa shape index (κ3) is 12.6. The smallest absolute Gasteiger partial charge is 0.220 e. The quantitative estimate of drug-likeness (QED) is 0.348. The van der Waals surface area contributed by atoms with Crippen LogP contribution in [0.25, 0.3) is 0 Å². The van der Waals surface area contributed by atoms with Crippen LogP contribution < -0.4 is 10.1 Å². The average molecular weight is 429 g/mol. The maximum Gasteiger partial charge on any atom is 0.220 e. The van der Waals surface area contributed by atoms with E-state index in [2.05, 4.69) is 37.1 Å². The molecule has 0 aliphatic carbocycles. The molecule has 1 unspecified atom stereocenters. The van der Waals surface area contributed by atoms with Crippen molar-refractivity contribution in [3.63, 3.8) is 0 Å². The molecule has 0 radical (unpaired) electrons. The summed E-state index contributed by atoms with van der Waals surface area (Å²) in [5, 5.41) is 21.9. The van der Waals surface area contributed by atoms with Crippen molar-refractivity contribution in [2.24, 2.45) is 5.92 Å². The van der Waals surface area contributed by atoms with Crippen molar-refractivity contribution in [3.05, 3.63) is 23.3 Å². The molecule has 5 nitrogen and oxygen atoms in total. The predicted molar refractivity (Wildman–Crippen MR) is 127 cm³/mol. The standard InChI is InChI=1S/C24H34N2O3.C2H6/c1-18(2)10-9-11-19(3)26-23(27)14-13-20-16-21(12-7-5-6-8-15-25)24(28)22(17-20)29-4;1-2/h16-19,28H,5-6,8-11,13-14H2,1-4H3,(H,26,27);1-2H3. The summed E-state index contributed by atoms with van der Waals surface area (Å²) < 4.78 is 5.24. The topological polar surface area (TPSA) is 82.3 Å². The molecule has 1 rings (SSSR count). The van der Waals surface area contributed by atoms with Crippen molar-refractivity contribution in [1.29, 1.82) is 5.26 Å². The number of amides is 1. The van der Waals surface area contributed by atoms with Crippen LogP contribution >= 0.6 is 0 Å². The van der Waals surface area contributed by atoms with E-state index < -0.39 is 0 Å². The zero-order valence-corrected chi connectivity index (χ0v) is 20.2. The first-order chi connectivity index (χ1) is 14.9. The molecule has 0 heterocycles. The zero-order valence-electron chi connectivity index (χ0n) is 20.2. The highest BCUT2D eigenvalue weighted by molar-refractivity contribution is 5.76. The number of hydrogen-bond donors (Lipinski definition) is 2. The van der Waals surface area contributed by atoms with Crippen LogP contribution in [0.4, 0.5) is 0 Å². The number of hydrogen-bond acceptors (Lipinski definition) is 4. The van der Waals surface area contributed by atoms with Crippen molar-refractivity contribution in [2.45, 2.75) is 92.0 Å². The van der Waals surface area contributed by atoms with Gasteiger partial charge in [-0.25, -0.2) is 0 Å². The number of nitriles is 1. The fraction of sp³-hybridized carbons (Fsp3) is 0.615. The van der Waals surface area contributed by atoms with Crippen LogP contribution in [0, 0.1) is 29.1 Å². The van der Waals surface area contributed by atoms with Gasteiger partial charge in [0.2, 0.25) is 5.91 Å². The molecular weight excluding hydrogens is 388 g/mol. The third-order valence-electron chi connectivity index (χ3n) is 4.63. The van der Waals surface area contributed by atoms with Crippen LogP contribution in [-0.2, 0) is 11.2 Å². The lowest BCUT2D eigenvalue weighted by Crippen LogP contribution is -2.32. The number of aryl methyl sites for hydroxylation is 1. The number of aromatic hydroxyl groups is 1. The number of benzene rings is 1. The maximum atomic E-state index is 12.3. The summed E-state index contributed by atoms with van der Waals surface area (Å²) >= 11 is 0. The number of carbonyl (C=O) groups is 1. The van der Waals surface area contributed by atoms with Gasteiger partial charge in [-0.1, -0.05) is 52.4 Å². The van der Waals surface area contributed by atoms with E-state index in [0.717, 1.165) is 18.4 Å². The Kier molecular flexibility index (Phi) is 15.6. The maximum absolute atomic E-state index is 12.3. The number of carbonyl (C=O) groups excluding carboxylic acids is 1. The lowest BCUT2D eigenvalue weighted by Gasteiger charge is -2.15. The minimum atomic E-state index is 0.00672. The molecule has 1 atom stereocenters. The molecule has 1 aromatic carbocycles. The van der Waals surface area contributed by atoms with Gasteiger partial charge >= 0.3 is 0 Å². The monoisotopic (exact) mass is 428 g/mol. The number of unbranched alkanes of at least 4 members (excludes halogenated alkanes) is 2. The lowest BCUT2D eigenvalue weighted by atomic mass is 10.0. The molecule has 0 spiro atoms. The number of methoxy groups -OCH3 is 1. The van der Waals surface area contributed by atoms with Crippen molar-refractivity contribution < 1.29 is 14.6 Å². The van der Waals surface area contributed by atoms with Crippen LogP contribution in [0.1, 0.15) is 90.7 Å². The summed E-state index contributed by atoms with van der Waals surface area (Å²) in [6.45, 7) is 10.5. The molecule has 0 bridgehead atoms. The summed E-state index contributed by atoms with van der Waals surface area (Å²) in [4.78, 5) is 12.3. The van der Waals surface area contributed by atoms with E-state index in [1.165, 1.54) is 13.5 Å². The first-order valence-electron chi connectivity index (χ1n) is 11.4. The van der Waals surface area contributed by atoms with Gasteiger partial charge in [-0.2, -0.15) is 5.26 Å². The Morgan fingerprint density at radius 1 is 1.16 bits per heavy atom. The number of nitrogens with zero attached hydrogens (tertiary/aromatic N) is 1. The van der Waals surface area contributed by atoms with E-state index in [0.29, 0.717) is 49.3 Å². The molecule has 0 aromatic heterocycles. The van der Waals surface area contributed by atoms with Crippen molar-refractivity contribution in [3.8, 4) is 29.4 Å². The van der Waals surface area contributed by atoms with Gasteiger partial charge in [-0.05, 0) is 49.8 Å². The Morgan fingerprint density at radius 3 is 2.48 bits per heavy atom. The van der Waals surface area contributed by atoms with Gasteiger partial charge < -0.3 is 15.2 Å². The fourth-order valence-electron chi connectivity index (χ4n) is 2.98. The minimum Gasteiger partial charge on any atom is -0.503 e. The number of phenols is 1. The first kappa shape index (κ1) is 28.3. The van der Waals surface area contributed by atoms with Crippen molar-refractivity contribution in [2.75, 3.05) is 7.11 Å². The molecule has 0 fully saturated rings. The lowest BCUT2D eigenvalue weighted by molar-refractivity contribution is -0.121. The van der Waals surface area contributed by atoms with E-state index in [-0.39, 0.29) is 17.7 Å². The Morgan fingerprint density at radius 2 is 1.87 bits per heavy atom. The first-order valence-corrected chi connectivity index (χ1v) is 11.4. The molecule has 1 amide bonds. The van der Waals surface area contributed by atoms with E-state index in [4.69, 9.17) is 10.00 Å². The van der Waals surface area contributed by atoms with Gasteiger partial charge in [-0.15, -0.1) is 0 Å². The molecule has 0 saturated heterocycles. The van der Waals surface area contributed by atoms with E-state index in [1.54, 1.807) is 12.1 Å². The molecule has 172 valence electrons. The number of phenolic OH excluding ortho intramolecular Hbond substituents is 1. The molecule has 5 heteroatoms. The van der Waals surface area contributed by atoms with Crippen LogP contribution in [-0.4, -0.2) is 24.2 Å². The SMILES string of the molecule is CC.COc1cc(CCC(=O)NC(C)CCCC(C)C)cc(C#CCCCC#N)c1O. The highest BCUT2D eigenvalue weighted by Gasteiger charge is 2.12. The Balaban J connectivity index is 0.00000436. The van der Waals surface area contributed by atoms with Gasteiger partial charge in [0.05, 0.1) is 18.7 Å². The van der Waals surface area contributed by atoms with Crippen LogP contribution in [0.2, 0.25) is 0 Å². The molecule has 2 N–H and O–H groups in total. The Hall–Kier alpha value is -2.66. The van der Waals surface area contributed by atoms with Crippen molar-refractivity contribution >= 4 is 5.91 Å². The van der Waals surface area contributed by atoms with Gasteiger partial charge in [0, 0.05) is 25.3 Å². The second kappa shape index (κ2) is 17.1. The Labute approximate surface area is 189 Å². The van der Waals surface area contributed by atoms with Gasteiger partial charge in [0.25, 0.3) is 0 Å². The van der Waals surface area contributed by atoms with E-state index >= 15 is 0 Å².